The van der Waals surface area contributed by atoms with Crippen LogP contribution in [0, 0.1) is 0 Å². The Morgan fingerprint density at radius 1 is 1.10 bits per heavy atom. The van der Waals surface area contributed by atoms with Crippen LogP contribution in [0.15, 0.2) is 59.3 Å². The number of fused-ring (bicyclic) bond motifs is 1. The summed E-state index contributed by atoms with van der Waals surface area (Å²) in [5, 5.41) is 5.33. The van der Waals surface area contributed by atoms with Crippen LogP contribution in [0.4, 0.5) is 17.5 Å². The van der Waals surface area contributed by atoms with Crippen LogP contribution < -0.4 is 10.0 Å². The number of benzene rings is 1. The summed E-state index contributed by atoms with van der Waals surface area (Å²) < 4.78 is 32.4. The van der Waals surface area contributed by atoms with Crippen LogP contribution in [0.3, 0.4) is 0 Å². The first kappa shape index (κ1) is 20.6. The number of anilines is 3. The molecule has 0 saturated heterocycles. The second kappa shape index (κ2) is 8.62. The van der Waals surface area contributed by atoms with E-state index >= 15 is 0 Å². The summed E-state index contributed by atoms with van der Waals surface area (Å²) in [6.07, 6.45) is 4.27. The van der Waals surface area contributed by atoms with Gasteiger partial charge in [-0.2, -0.15) is 0 Å². The number of carbonyl (C=O) groups excluding carboxylic acids is 1. The molecule has 0 saturated carbocycles. The molecule has 0 bridgehead atoms. The molecule has 3 aromatic heterocycles. The highest BCUT2D eigenvalue weighted by molar-refractivity contribution is 7.92. The molecule has 0 aliphatic carbocycles. The highest BCUT2D eigenvalue weighted by Crippen LogP contribution is 2.31. The van der Waals surface area contributed by atoms with Gasteiger partial charge in [0.1, 0.15) is 17.0 Å². The number of carbonyl (C=O) groups is 1. The average molecular weight is 457 g/mol. The Morgan fingerprint density at radius 3 is 2.55 bits per heavy atom. The fourth-order valence-corrected chi connectivity index (χ4v) is 4.55. The molecule has 4 aromatic rings. The molecule has 0 atom stereocenters. The summed E-state index contributed by atoms with van der Waals surface area (Å²) in [7, 11) is -3.84. The zero-order valence-corrected chi connectivity index (χ0v) is 17.8. The lowest BCUT2D eigenvalue weighted by atomic mass is 10.2. The van der Waals surface area contributed by atoms with Crippen molar-refractivity contribution in [3.63, 3.8) is 0 Å². The quantitative estimate of drug-likeness (QED) is 0.402. The standard InChI is InChI=1S/C19H16N6O4S2/c1-2-29-18(26)14-10-30-17-15(14)16(22-11-23-17)24-12-4-6-13(7-5-12)31(27,28)25-19-20-8-3-9-21-19/h3-11H,2H2,1H3,(H,20,21,25)(H,22,23,24). The number of hydrogen-bond donors (Lipinski definition) is 2. The predicted octanol–water partition coefficient (Wildman–Crippen LogP) is 3.20. The van der Waals surface area contributed by atoms with Crippen molar-refractivity contribution in [2.75, 3.05) is 16.6 Å². The van der Waals surface area contributed by atoms with Crippen molar-refractivity contribution in [1.29, 1.82) is 0 Å². The van der Waals surface area contributed by atoms with Crippen molar-refractivity contribution < 1.29 is 17.9 Å². The van der Waals surface area contributed by atoms with E-state index in [1.165, 1.54) is 42.2 Å². The first-order chi connectivity index (χ1) is 15.0. The molecule has 0 fully saturated rings. The predicted molar refractivity (Wildman–Crippen MR) is 116 cm³/mol. The van der Waals surface area contributed by atoms with Crippen molar-refractivity contribution in [3.8, 4) is 0 Å². The van der Waals surface area contributed by atoms with Gasteiger partial charge in [0.25, 0.3) is 10.0 Å². The zero-order valence-electron chi connectivity index (χ0n) is 16.1. The van der Waals surface area contributed by atoms with Gasteiger partial charge in [-0.3, -0.25) is 0 Å². The molecule has 0 aliphatic rings. The number of esters is 1. The normalized spacial score (nSPS) is 11.3. The molecule has 31 heavy (non-hydrogen) atoms. The average Bonchev–Trinajstić information content (AvgIpc) is 3.20. The Balaban J connectivity index is 1.59. The van der Waals surface area contributed by atoms with E-state index in [4.69, 9.17) is 4.74 Å². The van der Waals surface area contributed by atoms with Crippen LogP contribution in [-0.2, 0) is 14.8 Å². The molecule has 12 heteroatoms. The minimum atomic E-state index is -3.84. The number of aromatic nitrogens is 4. The molecule has 10 nitrogen and oxygen atoms in total. The van der Waals surface area contributed by atoms with E-state index in [0.29, 0.717) is 27.3 Å². The maximum absolute atomic E-state index is 12.5. The third-order valence-corrected chi connectivity index (χ3v) is 6.31. The van der Waals surface area contributed by atoms with E-state index in [2.05, 4.69) is 30.0 Å². The zero-order chi connectivity index (χ0) is 21.8. The summed E-state index contributed by atoms with van der Waals surface area (Å²) in [4.78, 5) is 29.1. The van der Waals surface area contributed by atoms with Crippen molar-refractivity contribution in [1.82, 2.24) is 19.9 Å². The number of nitrogens with zero attached hydrogens (tertiary/aromatic N) is 4. The van der Waals surface area contributed by atoms with Crippen molar-refractivity contribution in [2.24, 2.45) is 0 Å². The Kier molecular flexibility index (Phi) is 5.73. The van der Waals surface area contributed by atoms with Crippen molar-refractivity contribution in [3.05, 3.63) is 60.0 Å². The molecule has 2 N–H and O–H groups in total. The first-order valence-electron chi connectivity index (χ1n) is 9.04. The van der Waals surface area contributed by atoms with Gasteiger partial charge >= 0.3 is 5.97 Å². The van der Waals surface area contributed by atoms with Gasteiger partial charge in [0.05, 0.1) is 22.5 Å². The Bertz CT molecular complexity index is 1320. The van der Waals surface area contributed by atoms with Gasteiger partial charge < -0.3 is 10.1 Å². The summed E-state index contributed by atoms with van der Waals surface area (Å²) in [5.74, 6) is -0.0556. The van der Waals surface area contributed by atoms with Crippen LogP contribution >= 0.6 is 11.3 Å². The smallest absolute Gasteiger partial charge is 0.339 e. The second-order valence-corrected chi connectivity index (χ2v) is 8.64. The highest BCUT2D eigenvalue weighted by atomic mass is 32.2. The highest BCUT2D eigenvalue weighted by Gasteiger charge is 2.19. The third-order valence-electron chi connectivity index (χ3n) is 4.08. The SMILES string of the molecule is CCOC(=O)c1csc2ncnc(Nc3ccc(S(=O)(=O)Nc4ncccn4)cc3)c12. The van der Waals surface area contributed by atoms with E-state index < -0.39 is 16.0 Å². The molecular formula is C19H16N6O4S2. The molecule has 0 unspecified atom stereocenters. The van der Waals surface area contributed by atoms with Crippen LogP contribution in [0.25, 0.3) is 10.2 Å². The minimum absolute atomic E-state index is 0.0166. The van der Waals surface area contributed by atoms with Crippen LogP contribution in [0.2, 0.25) is 0 Å². The molecule has 0 aliphatic heterocycles. The van der Waals surface area contributed by atoms with Gasteiger partial charge in [0.2, 0.25) is 5.95 Å². The number of hydrogen-bond acceptors (Lipinski definition) is 10. The third kappa shape index (κ3) is 4.44. The number of thiophene rings is 1. The maximum atomic E-state index is 12.5. The molecule has 158 valence electrons. The Hall–Kier alpha value is -3.64. The minimum Gasteiger partial charge on any atom is -0.462 e. The molecule has 0 spiro atoms. The molecule has 0 radical (unpaired) electrons. The summed E-state index contributed by atoms with van der Waals surface area (Å²) in [6, 6.07) is 7.64. The van der Waals surface area contributed by atoms with E-state index in [-0.39, 0.29) is 17.5 Å². The first-order valence-corrected chi connectivity index (χ1v) is 11.4. The lowest BCUT2D eigenvalue weighted by Crippen LogP contribution is -2.14. The van der Waals surface area contributed by atoms with E-state index in [0.717, 1.165) is 0 Å². The Morgan fingerprint density at radius 2 is 1.84 bits per heavy atom. The summed E-state index contributed by atoms with van der Waals surface area (Å²) in [6.45, 7) is 1.99. The number of rotatable bonds is 7. The van der Waals surface area contributed by atoms with E-state index in [1.807, 2.05) is 0 Å². The molecule has 1 aromatic carbocycles. The fraction of sp³-hybridized carbons (Fsp3) is 0.105. The largest absolute Gasteiger partial charge is 0.462 e. The van der Waals surface area contributed by atoms with Gasteiger partial charge in [-0.1, -0.05) is 0 Å². The fourth-order valence-electron chi connectivity index (χ4n) is 2.71. The summed E-state index contributed by atoms with van der Waals surface area (Å²) >= 11 is 1.31. The number of sulfonamides is 1. The monoisotopic (exact) mass is 456 g/mol. The van der Waals surface area contributed by atoms with Crippen molar-refractivity contribution >= 4 is 55.0 Å². The molecule has 0 amide bonds. The number of ether oxygens (including phenoxy) is 1. The van der Waals surface area contributed by atoms with Gasteiger partial charge in [0.15, 0.2) is 0 Å². The second-order valence-electron chi connectivity index (χ2n) is 6.10. The van der Waals surface area contributed by atoms with Gasteiger partial charge in [-0.15, -0.1) is 11.3 Å². The molecular weight excluding hydrogens is 440 g/mol. The topological polar surface area (TPSA) is 136 Å². The van der Waals surface area contributed by atoms with Gasteiger partial charge in [-0.05, 0) is 37.3 Å². The van der Waals surface area contributed by atoms with Crippen LogP contribution in [0.1, 0.15) is 17.3 Å². The lowest BCUT2D eigenvalue weighted by Gasteiger charge is -2.10. The molecule has 3 heterocycles. The van der Waals surface area contributed by atoms with Gasteiger partial charge in [-0.25, -0.2) is 37.9 Å². The van der Waals surface area contributed by atoms with Crippen LogP contribution in [0.5, 0.6) is 0 Å². The van der Waals surface area contributed by atoms with Gasteiger partial charge in [0, 0.05) is 23.5 Å². The number of nitrogens with one attached hydrogen (secondary N) is 2. The Labute approximate surface area is 181 Å². The lowest BCUT2D eigenvalue weighted by molar-refractivity contribution is 0.0529. The molecule has 4 rings (SSSR count). The summed E-state index contributed by atoms with van der Waals surface area (Å²) in [5.41, 5.74) is 0.951. The van der Waals surface area contributed by atoms with E-state index in [9.17, 15) is 13.2 Å². The van der Waals surface area contributed by atoms with E-state index in [1.54, 1.807) is 30.5 Å². The van der Waals surface area contributed by atoms with Crippen LogP contribution in [-0.4, -0.2) is 40.9 Å². The maximum Gasteiger partial charge on any atom is 0.339 e. The van der Waals surface area contributed by atoms with Crippen molar-refractivity contribution in [2.45, 2.75) is 11.8 Å².